The fourth-order valence-electron chi connectivity index (χ4n) is 3.57. The van der Waals surface area contributed by atoms with Crippen molar-refractivity contribution in [2.75, 3.05) is 6.61 Å². The van der Waals surface area contributed by atoms with Crippen LogP contribution in [0, 0.1) is 5.92 Å². The van der Waals surface area contributed by atoms with Crippen LogP contribution in [0.15, 0.2) is 69.9 Å². The maximum Gasteiger partial charge on any atom is 1.00 e. The summed E-state index contributed by atoms with van der Waals surface area (Å²) >= 11 is 0. The number of phosphoric acid groups is 1. The average Bonchev–Trinajstić information content (AvgIpc) is 2.72. The van der Waals surface area contributed by atoms with Crippen LogP contribution in [0.2, 0.25) is 0 Å². The standard InChI is InChI=1S/C30H51O4P.2Na/c1-24(2)12-9-14-26(5)16-11-17-29(8)30(20-18-27(6)15-10-13-25(3)4)21-19-28(7)22-23-34-35(31,32)33;;/h12-13,16,18,21-22,29H,9-11,14-15,17,19-20,23H2,1-8H3,(H2,31,32,33);;/q;2*+1/p-2/b26-16+,27-18+,28-22-,30-21+;;. The van der Waals surface area contributed by atoms with Gasteiger partial charge >= 0.3 is 59.1 Å². The molecule has 0 amide bonds. The van der Waals surface area contributed by atoms with Gasteiger partial charge in [0, 0.05) is 0 Å². The van der Waals surface area contributed by atoms with Crippen LogP contribution in [0.4, 0.5) is 0 Å². The van der Waals surface area contributed by atoms with E-state index in [9.17, 15) is 14.4 Å². The summed E-state index contributed by atoms with van der Waals surface area (Å²) in [5.74, 6) is 0.450. The van der Waals surface area contributed by atoms with Gasteiger partial charge in [-0.15, -0.1) is 0 Å². The Balaban J connectivity index is -0.00000578. The molecule has 4 nitrogen and oxygen atoms in total. The fraction of sp³-hybridized carbons (Fsp3) is 0.600. The summed E-state index contributed by atoms with van der Waals surface area (Å²) in [6, 6.07) is 0. The fourth-order valence-corrected chi connectivity index (χ4v) is 3.83. The molecule has 0 heterocycles. The summed E-state index contributed by atoms with van der Waals surface area (Å²) < 4.78 is 15.0. The molecule has 0 saturated carbocycles. The third kappa shape index (κ3) is 27.9. The van der Waals surface area contributed by atoms with Gasteiger partial charge in [-0.05, 0) is 106 Å². The summed E-state index contributed by atoms with van der Waals surface area (Å²) in [6.07, 6.45) is 21.4. The Kier molecular flexibility index (Phi) is 27.7. The zero-order valence-electron chi connectivity index (χ0n) is 25.5. The van der Waals surface area contributed by atoms with Crippen LogP contribution >= 0.6 is 7.82 Å². The van der Waals surface area contributed by atoms with Crippen molar-refractivity contribution in [2.45, 2.75) is 107 Å². The first-order valence-electron chi connectivity index (χ1n) is 12.9. The Morgan fingerprint density at radius 3 is 1.70 bits per heavy atom. The van der Waals surface area contributed by atoms with Gasteiger partial charge in [-0.2, -0.15) is 0 Å². The first-order chi connectivity index (χ1) is 16.3. The molecule has 0 rings (SSSR count). The number of hydrogen-bond donors (Lipinski definition) is 0. The van der Waals surface area contributed by atoms with Crippen LogP contribution in [0.3, 0.4) is 0 Å². The third-order valence-electron chi connectivity index (χ3n) is 5.94. The van der Waals surface area contributed by atoms with E-state index < -0.39 is 7.82 Å². The third-order valence-corrected chi connectivity index (χ3v) is 6.41. The van der Waals surface area contributed by atoms with Crippen LogP contribution in [0.1, 0.15) is 107 Å². The summed E-state index contributed by atoms with van der Waals surface area (Å²) in [5, 5.41) is 0. The van der Waals surface area contributed by atoms with E-state index in [0.29, 0.717) is 12.3 Å². The molecular weight excluding hydrogens is 501 g/mol. The molecule has 0 N–H and O–H groups in total. The van der Waals surface area contributed by atoms with Gasteiger partial charge in [0.2, 0.25) is 0 Å². The van der Waals surface area contributed by atoms with E-state index in [1.165, 1.54) is 27.9 Å². The Morgan fingerprint density at radius 2 is 1.22 bits per heavy atom. The zero-order chi connectivity index (χ0) is 26.9. The molecule has 0 aromatic heterocycles. The van der Waals surface area contributed by atoms with Crippen LogP contribution in [0.25, 0.3) is 0 Å². The van der Waals surface area contributed by atoms with Crippen molar-refractivity contribution in [3.05, 3.63) is 69.9 Å². The molecule has 7 heteroatoms. The molecule has 37 heavy (non-hydrogen) atoms. The molecule has 200 valence electrons. The summed E-state index contributed by atoms with van der Waals surface area (Å²) in [6.45, 7) is 17.0. The van der Waals surface area contributed by atoms with E-state index in [-0.39, 0.29) is 65.7 Å². The molecule has 0 aliphatic rings. The minimum Gasteiger partial charge on any atom is -0.790 e. The van der Waals surface area contributed by atoms with E-state index in [1.807, 2.05) is 6.92 Å². The van der Waals surface area contributed by atoms with Gasteiger partial charge in [0.1, 0.15) is 0 Å². The van der Waals surface area contributed by atoms with Gasteiger partial charge in [-0.3, -0.25) is 0 Å². The smallest absolute Gasteiger partial charge is 0.790 e. The van der Waals surface area contributed by atoms with Crippen LogP contribution in [-0.2, 0) is 9.09 Å². The first kappa shape index (κ1) is 42.0. The molecular formula is C30H49Na2O4P. The second-order valence-electron chi connectivity index (χ2n) is 10.2. The minimum absolute atomic E-state index is 0. The Morgan fingerprint density at radius 1 is 0.703 bits per heavy atom. The molecule has 0 bridgehead atoms. The Bertz CT molecular complexity index is 853. The maximum absolute atomic E-state index is 10.7. The Hall–Kier alpha value is 0.550. The summed E-state index contributed by atoms with van der Waals surface area (Å²) in [4.78, 5) is 21.3. The van der Waals surface area contributed by atoms with Gasteiger partial charge in [0.25, 0.3) is 0 Å². The predicted molar refractivity (Wildman–Crippen MR) is 148 cm³/mol. The quantitative estimate of drug-likeness (QED) is 0.158. The van der Waals surface area contributed by atoms with Crippen molar-refractivity contribution in [1.29, 1.82) is 0 Å². The number of hydrogen-bond acceptors (Lipinski definition) is 4. The second-order valence-corrected chi connectivity index (χ2v) is 11.4. The number of rotatable bonds is 17. The van der Waals surface area contributed by atoms with Crippen molar-refractivity contribution < 1.29 is 78.0 Å². The van der Waals surface area contributed by atoms with Crippen LogP contribution in [-0.4, -0.2) is 6.61 Å². The van der Waals surface area contributed by atoms with Crippen LogP contribution in [0.5, 0.6) is 0 Å². The van der Waals surface area contributed by atoms with Crippen molar-refractivity contribution in [2.24, 2.45) is 5.92 Å². The van der Waals surface area contributed by atoms with Gasteiger partial charge in [-0.25, -0.2) is 0 Å². The normalized spacial score (nSPS) is 13.9. The van der Waals surface area contributed by atoms with E-state index in [4.69, 9.17) is 0 Å². The molecule has 0 saturated heterocycles. The maximum atomic E-state index is 10.7. The van der Waals surface area contributed by atoms with Crippen LogP contribution < -0.4 is 68.9 Å². The van der Waals surface area contributed by atoms with E-state index in [2.05, 4.69) is 83.4 Å². The molecule has 0 fully saturated rings. The number of phosphoric ester groups is 1. The molecule has 0 aromatic carbocycles. The summed E-state index contributed by atoms with van der Waals surface area (Å²) in [7, 11) is -4.93. The average molecular weight is 551 g/mol. The van der Waals surface area contributed by atoms with Gasteiger partial charge in [-0.1, -0.05) is 76.8 Å². The zero-order valence-corrected chi connectivity index (χ0v) is 30.4. The molecule has 1 atom stereocenters. The van der Waals surface area contributed by atoms with E-state index in [0.717, 1.165) is 50.5 Å². The Labute approximate surface area is 272 Å². The monoisotopic (exact) mass is 550 g/mol. The first-order valence-corrected chi connectivity index (χ1v) is 14.3. The van der Waals surface area contributed by atoms with E-state index >= 15 is 0 Å². The topological polar surface area (TPSA) is 72.4 Å². The SMILES string of the molecule is CC(C)=CCC/C(C)=C/CCC(C)/C(=C/C/C(C)=C\COP(=O)([O-])[O-])C/C=C(\C)CCC=C(C)C.[Na+].[Na+]. The molecule has 0 aromatic rings. The molecule has 0 aliphatic carbocycles. The van der Waals surface area contributed by atoms with Crippen molar-refractivity contribution in [3.8, 4) is 0 Å². The predicted octanol–water partition coefficient (Wildman–Crippen LogP) is 2.29. The molecule has 0 spiro atoms. The van der Waals surface area contributed by atoms with Gasteiger partial charge in [0.05, 0.1) is 14.4 Å². The van der Waals surface area contributed by atoms with Crippen molar-refractivity contribution in [3.63, 3.8) is 0 Å². The van der Waals surface area contributed by atoms with Gasteiger partial charge < -0.3 is 18.9 Å². The number of allylic oxidation sites excluding steroid dienone is 11. The van der Waals surface area contributed by atoms with Crippen molar-refractivity contribution >= 4 is 7.82 Å². The molecule has 0 radical (unpaired) electrons. The van der Waals surface area contributed by atoms with Gasteiger partial charge in [0.15, 0.2) is 0 Å². The molecule has 0 aliphatic heterocycles. The molecule has 1 unspecified atom stereocenters. The largest absolute Gasteiger partial charge is 1.00 e. The van der Waals surface area contributed by atoms with E-state index in [1.54, 1.807) is 6.08 Å². The summed E-state index contributed by atoms with van der Waals surface area (Å²) in [5.41, 5.74) is 7.96. The minimum atomic E-state index is -4.93. The second kappa shape index (κ2) is 24.4. The van der Waals surface area contributed by atoms with Crippen molar-refractivity contribution in [1.82, 2.24) is 0 Å².